The van der Waals surface area contributed by atoms with Crippen molar-refractivity contribution in [3.8, 4) is 5.69 Å². The van der Waals surface area contributed by atoms with Gasteiger partial charge in [-0.15, -0.1) is 5.10 Å². The number of aliphatic carboxylic acids is 1. The molecule has 0 aliphatic rings. The quantitative estimate of drug-likeness (QED) is 0.454. The molecule has 0 spiro atoms. The number of nitrogens with one attached hydrogen (secondary N) is 1. The van der Waals surface area contributed by atoms with Crippen molar-refractivity contribution >= 4 is 17.5 Å². The van der Waals surface area contributed by atoms with Crippen LogP contribution in [0.3, 0.4) is 0 Å². The predicted molar refractivity (Wildman–Crippen MR) is 113 cm³/mol. The van der Waals surface area contributed by atoms with Crippen LogP contribution in [0, 0.1) is 13.8 Å². The van der Waals surface area contributed by atoms with Crippen molar-refractivity contribution in [2.45, 2.75) is 33.0 Å². The molecule has 0 fully saturated rings. The number of amides is 1. The summed E-state index contributed by atoms with van der Waals surface area (Å²) in [4.78, 5) is 25.7. The molecule has 0 aliphatic heterocycles. The van der Waals surface area contributed by atoms with Crippen LogP contribution in [-0.2, 0) is 22.6 Å². The number of hydrogen-bond acceptors (Lipinski definition) is 6. The molecule has 0 radical (unpaired) electrons. The Labute approximate surface area is 191 Å². The number of imidazole rings is 1. The Morgan fingerprint density at radius 3 is 2.32 bits per heavy atom. The molecule has 4 aromatic rings. The molecule has 34 heavy (non-hydrogen) atoms. The Kier molecular flexibility index (Phi) is 7.24. The van der Waals surface area contributed by atoms with E-state index < -0.39 is 12.1 Å². The Balaban J connectivity index is 0.000000406. The summed E-state index contributed by atoms with van der Waals surface area (Å²) in [7, 11) is 0. The molecule has 4 rings (SSSR count). The lowest BCUT2D eigenvalue weighted by atomic mass is 10.1. The second-order valence-electron chi connectivity index (χ2n) is 7.19. The van der Waals surface area contributed by atoms with E-state index in [0.717, 1.165) is 28.3 Å². The molecule has 2 N–H and O–H groups in total. The number of nitrogens with zero attached hydrogens (tertiary/aromatic N) is 6. The first kappa shape index (κ1) is 24.4. The van der Waals surface area contributed by atoms with Gasteiger partial charge in [-0.3, -0.25) is 4.79 Å². The molecule has 1 aromatic carbocycles. The van der Waals surface area contributed by atoms with Crippen molar-refractivity contribution in [2.24, 2.45) is 0 Å². The summed E-state index contributed by atoms with van der Waals surface area (Å²) in [5.41, 5.74) is 4.61. The maximum absolute atomic E-state index is 12.3. The number of carbonyl (C=O) groups excluding carboxylic acids is 1. The number of tetrazole rings is 1. The van der Waals surface area contributed by atoms with Gasteiger partial charge in [0.25, 0.3) is 0 Å². The van der Waals surface area contributed by atoms with E-state index in [0.29, 0.717) is 18.8 Å². The molecule has 0 saturated carbocycles. The third kappa shape index (κ3) is 6.15. The second-order valence-corrected chi connectivity index (χ2v) is 7.19. The van der Waals surface area contributed by atoms with Crippen molar-refractivity contribution in [2.75, 3.05) is 0 Å². The van der Waals surface area contributed by atoms with E-state index in [1.54, 1.807) is 4.68 Å². The Morgan fingerprint density at radius 1 is 1.09 bits per heavy atom. The minimum atomic E-state index is -5.08. The van der Waals surface area contributed by atoms with Gasteiger partial charge in [0.05, 0.1) is 24.3 Å². The van der Waals surface area contributed by atoms with Crippen LogP contribution in [0.2, 0.25) is 0 Å². The highest BCUT2D eigenvalue weighted by atomic mass is 19.4. The highest BCUT2D eigenvalue weighted by Gasteiger charge is 2.38. The lowest BCUT2D eigenvalue weighted by Crippen LogP contribution is -2.24. The third-order valence-corrected chi connectivity index (χ3v) is 4.63. The number of rotatable bonds is 5. The van der Waals surface area contributed by atoms with Gasteiger partial charge in [-0.05, 0) is 54.1 Å². The topological polar surface area (TPSA) is 127 Å². The number of aryl methyl sites for hydroxylation is 2. The predicted octanol–water partition coefficient (Wildman–Crippen LogP) is 2.42. The highest BCUT2D eigenvalue weighted by Crippen LogP contribution is 2.13. The summed E-state index contributed by atoms with van der Waals surface area (Å²) >= 11 is 0. The molecule has 10 nitrogen and oxygen atoms in total. The van der Waals surface area contributed by atoms with E-state index in [2.05, 4.69) is 25.8 Å². The van der Waals surface area contributed by atoms with Gasteiger partial charge in [0.2, 0.25) is 5.91 Å². The first-order chi connectivity index (χ1) is 16.0. The number of fused-ring (bicyclic) bond motifs is 1. The Bertz CT molecular complexity index is 1300. The Hall–Kier alpha value is -4.29. The van der Waals surface area contributed by atoms with E-state index >= 15 is 0 Å². The van der Waals surface area contributed by atoms with E-state index in [1.165, 1.54) is 0 Å². The molecule has 3 aromatic heterocycles. The first-order valence-corrected chi connectivity index (χ1v) is 9.89. The van der Waals surface area contributed by atoms with Gasteiger partial charge in [-0.1, -0.05) is 18.2 Å². The molecule has 1 amide bonds. The molecule has 0 bridgehead atoms. The Morgan fingerprint density at radius 2 is 1.76 bits per heavy atom. The van der Waals surface area contributed by atoms with Gasteiger partial charge in [-0.25, -0.2) is 9.78 Å². The first-order valence-electron chi connectivity index (χ1n) is 9.89. The smallest absolute Gasteiger partial charge is 0.475 e. The number of aromatic nitrogens is 6. The van der Waals surface area contributed by atoms with Crippen LogP contribution < -0.4 is 5.32 Å². The second kappa shape index (κ2) is 10.1. The molecule has 0 atom stereocenters. The number of benzene rings is 1. The van der Waals surface area contributed by atoms with Crippen LogP contribution in [0.1, 0.15) is 22.8 Å². The van der Waals surface area contributed by atoms with Crippen LogP contribution in [0.25, 0.3) is 11.3 Å². The molecule has 0 unspecified atom stereocenters. The molecule has 13 heteroatoms. The minimum Gasteiger partial charge on any atom is -0.475 e. The SMILES string of the molecule is Cc1nnnn1-c1ccc(CC(=O)NCc2cn3c(C)cccc3n2)cc1.O=C(O)C(F)(F)F. The van der Waals surface area contributed by atoms with Crippen molar-refractivity contribution < 1.29 is 27.9 Å². The fourth-order valence-electron chi connectivity index (χ4n) is 2.95. The van der Waals surface area contributed by atoms with Gasteiger partial charge in [0, 0.05) is 11.9 Å². The molecule has 178 valence electrons. The van der Waals surface area contributed by atoms with Crippen molar-refractivity contribution in [1.82, 2.24) is 34.9 Å². The average molecular weight is 475 g/mol. The fourth-order valence-corrected chi connectivity index (χ4v) is 2.95. The monoisotopic (exact) mass is 475 g/mol. The highest BCUT2D eigenvalue weighted by molar-refractivity contribution is 5.78. The summed E-state index contributed by atoms with van der Waals surface area (Å²) in [6, 6.07) is 13.6. The van der Waals surface area contributed by atoms with Crippen molar-refractivity contribution in [3.63, 3.8) is 0 Å². The summed E-state index contributed by atoms with van der Waals surface area (Å²) in [5, 5.41) is 21.5. The van der Waals surface area contributed by atoms with Gasteiger partial charge >= 0.3 is 12.1 Å². The van der Waals surface area contributed by atoms with Crippen LogP contribution in [0.4, 0.5) is 13.2 Å². The minimum absolute atomic E-state index is 0.0462. The number of carbonyl (C=O) groups is 2. The zero-order valence-electron chi connectivity index (χ0n) is 18.1. The number of alkyl halides is 3. The van der Waals surface area contributed by atoms with Crippen molar-refractivity contribution in [1.29, 1.82) is 0 Å². The van der Waals surface area contributed by atoms with Crippen molar-refractivity contribution in [3.05, 3.63) is 71.4 Å². The van der Waals surface area contributed by atoms with Gasteiger partial charge in [0.15, 0.2) is 5.82 Å². The number of carboxylic acids is 1. The van der Waals surface area contributed by atoms with E-state index in [9.17, 15) is 18.0 Å². The zero-order chi connectivity index (χ0) is 24.9. The van der Waals surface area contributed by atoms with Gasteiger partial charge in [-0.2, -0.15) is 17.9 Å². The van der Waals surface area contributed by atoms with Crippen LogP contribution in [0.15, 0.2) is 48.7 Å². The lowest BCUT2D eigenvalue weighted by Gasteiger charge is -2.05. The zero-order valence-corrected chi connectivity index (χ0v) is 18.1. The van der Waals surface area contributed by atoms with E-state index in [1.807, 2.05) is 66.9 Å². The maximum Gasteiger partial charge on any atom is 0.490 e. The fraction of sp³-hybridized carbons (Fsp3) is 0.238. The third-order valence-electron chi connectivity index (χ3n) is 4.63. The average Bonchev–Trinajstić information content (AvgIpc) is 3.39. The largest absolute Gasteiger partial charge is 0.490 e. The van der Waals surface area contributed by atoms with E-state index in [-0.39, 0.29) is 5.91 Å². The standard InChI is InChI=1S/C19H19N7O.C2HF3O2/c1-13-4-3-5-18-21-16(12-25(13)18)11-20-19(27)10-15-6-8-17(9-7-15)26-14(2)22-23-24-26;3-2(4,5)1(6)7/h3-9,12H,10-11H2,1-2H3,(H,20,27);(H,6,7). The van der Waals surface area contributed by atoms with Gasteiger partial charge < -0.3 is 14.8 Å². The normalized spacial score (nSPS) is 11.1. The molecular weight excluding hydrogens is 455 g/mol. The summed E-state index contributed by atoms with van der Waals surface area (Å²) in [6.45, 7) is 4.27. The van der Waals surface area contributed by atoms with E-state index in [4.69, 9.17) is 9.90 Å². The summed E-state index contributed by atoms with van der Waals surface area (Å²) in [6.07, 6.45) is -2.82. The number of carboxylic acid groups (broad SMARTS) is 1. The van der Waals surface area contributed by atoms with Gasteiger partial charge in [0.1, 0.15) is 5.65 Å². The summed E-state index contributed by atoms with van der Waals surface area (Å²) in [5.74, 6) is -2.09. The number of pyridine rings is 1. The molecule has 0 saturated heterocycles. The maximum atomic E-state index is 12.3. The number of hydrogen-bond donors (Lipinski definition) is 2. The summed E-state index contributed by atoms with van der Waals surface area (Å²) < 4.78 is 35.4. The molecule has 3 heterocycles. The van der Waals surface area contributed by atoms with Crippen LogP contribution in [-0.4, -0.2) is 52.8 Å². The number of halogens is 3. The molecule has 0 aliphatic carbocycles. The van der Waals surface area contributed by atoms with Crippen LogP contribution >= 0.6 is 0 Å². The molecular formula is C21H20F3N7O3. The lowest BCUT2D eigenvalue weighted by molar-refractivity contribution is -0.192. The van der Waals surface area contributed by atoms with Crippen LogP contribution in [0.5, 0.6) is 0 Å².